The molecular formula is C15H17N3O4. The van der Waals surface area contributed by atoms with E-state index in [-0.39, 0.29) is 11.7 Å². The molecule has 0 radical (unpaired) electrons. The third kappa shape index (κ3) is 3.92. The zero-order chi connectivity index (χ0) is 15.9. The van der Waals surface area contributed by atoms with Crippen molar-refractivity contribution in [3.8, 4) is 0 Å². The number of nitrogens with one attached hydrogen (secondary N) is 2. The van der Waals surface area contributed by atoms with Gasteiger partial charge in [0.1, 0.15) is 0 Å². The van der Waals surface area contributed by atoms with Gasteiger partial charge in [-0.05, 0) is 19.1 Å². The summed E-state index contributed by atoms with van der Waals surface area (Å²) in [5.74, 6) is -0.661. The van der Waals surface area contributed by atoms with Crippen molar-refractivity contribution >= 4 is 17.5 Å². The van der Waals surface area contributed by atoms with Gasteiger partial charge in [-0.3, -0.25) is 9.59 Å². The van der Waals surface area contributed by atoms with Gasteiger partial charge in [-0.15, -0.1) is 0 Å². The van der Waals surface area contributed by atoms with Crippen molar-refractivity contribution in [2.24, 2.45) is 0 Å². The molecule has 0 fully saturated rings. The van der Waals surface area contributed by atoms with Crippen LogP contribution in [0.15, 0.2) is 34.9 Å². The molecule has 1 heterocycles. The minimum absolute atomic E-state index is 0.0899. The van der Waals surface area contributed by atoms with E-state index in [0.717, 1.165) is 0 Å². The number of rotatable bonds is 6. The number of carbonyl (C=O) groups excluding carboxylic acids is 2. The van der Waals surface area contributed by atoms with Crippen molar-refractivity contribution in [3.63, 3.8) is 0 Å². The number of nitrogens with zero attached hydrogens (tertiary/aromatic N) is 1. The number of hydrogen-bond donors (Lipinski definition) is 2. The summed E-state index contributed by atoms with van der Waals surface area (Å²) in [4.78, 5) is 24.2. The minimum atomic E-state index is -0.460. The molecule has 116 valence electrons. The molecule has 0 atom stereocenters. The van der Waals surface area contributed by atoms with E-state index in [4.69, 9.17) is 9.26 Å². The van der Waals surface area contributed by atoms with Crippen molar-refractivity contribution in [1.29, 1.82) is 0 Å². The average molecular weight is 303 g/mol. The Kier molecular flexibility index (Phi) is 5.26. The number of methoxy groups -OCH3 is 1. The topological polar surface area (TPSA) is 93.5 Å². The first-order valence-electron chi connectivity index (χ1n) is 6.72. The minimum Gasteiger partial charge on any atom is -0.383 e. The van der Waals surface area contributed by atoms with Gasteiger partial charge in [0.05, 0.1) is 23.6 Å². The fourth-order valence-electron chi connectivity index (χ4n) is 1.81. The molecule has 1 aromatic carbocycles. The molecule has 0 unspecified atom stereocenters. The molecule has 0 aliphatic carbocycles. The monoisotopic (exact) mass is 303 g/mol. The summed E-state index contributed by atoms with van der Waals surface area (Å²) in [6.07, 6.45) is 0. The van der Waals surface area contributed by atoms with Crippen molar-refractivity contribution in [2.45, 2.75) is 6.92 Å². The van der Waals surface area contributed by atoms with Gasteiger partial charge < -0.3 is 19.9 Å². The van der Waals surface area contributed by atoms with E-state index >= 15 is 0 Å². The molecule has 1 aromatic heterocycles. The van der Waals surface area contributed by atoms with Crippen LogP contribution in [0.5, 0.6) is 0 Å². The van der Waals surface area contributed by atoms with Crippen LogP contribution in [0, 0.1) is 6.92 Å². The molecule has 2 amide bonds. The predicted octanol–water partition coefficient (Wildman–Crippen LogP) is 1.61. The number of para-hydroxylation sites is 1. The van der Waals surface area contributed by atoms with Gasteiger partial charge in [-0.25, -0.2) is 0 Å². The van der Waals surface area contributed by atoms with Gasteiger partial charge >= 0.3 is 0 Å². The fraction of sp³-hybridized carbons (Fsp3) is 0.267. The van der Waals surface area contributed by atoms with Crippen LogP contribution < -0.4 is 10.6 Å². The number of aromatic nitrogens is 1. The van der Waals surface area contributed by atoms with Gasteiger partial charge in [0, 0.05) is 19.7 Å². The molecule has 0 spiro atoms. The second kappa shape index (κ2) is 7.37. The van der Waals surface area contributed by atoms with E-state index in [1.54, 1.807) is 38.3 Å². The molecule has 0 saturated heterocycles. The highest BCUT2D eigenvalue weighted by atomic mass is 16.5. The Labute approximate surface area is 127 Å². The lowest BCUT2D eigenvalue weighted by Gasteiger charge is -2.10. The number of carbonyl (C=O) groups is 2. The molecular weight excluding hydrogens is 286 g/mol. The number of amides is 2. The quantitative estimate of drug-likeness (QED) is 0.791. The Balaban J connectivity index is 2.11. The van der Waals surface area contributed by atoms with Crippen LogP contribution in [0.1, 0.15) is 26.6 Å². The van der Waals surface area contributed by atoms with Crippen LogP contribution in [0.2, 0.25) is 0 Å². The zero-order valence-corrected chi connectivity index (χ0v) is 12.4. The first-order valence-corrected chi connectivity index (χ1v) is 6.72. The molecule has 7 heteroatoms. The number of ether oxygens (including phenoxy) is 1. The normalized spacial score (nSPS) is 10.3. The first kappa shape index (κ1) is 15.7. The van der Waals surface area contributed by atoms with Crippen LogP contribution in [-0.4, -0.2) is 37.2 Å². The summed E-state index contributed by atoms with van der Waals surface area (Å²) in [6.45, 7) is 2.52. The highest BCUT2D eigenvalue weighted by Gasteiger charge is 2.16. The van der Waals surface area contributed by atoms with Gasteiger partial charge in [0.15, 0.2) is 0 Å². The average Bonchev–Trinajstić information content (AvgIpc) is 2.94. The summed E-state index contributed by atoms with van der Waals surface area (Å²) in [7, 11) is 1.56. The maximum atomic E-state index is 12.1. The van der Waals surface area contributed by atoms with Crippen LogP contribution in [0.25, 0.3) is 0 Å². The van der Waals surface area contributed by atoms with Crippen LogP contribution in [-0.2, 0) is 4.74 Å². The molecule has 0 aliphatic rings. The van der Waals surface area contributed by atoms with E-state index < -0.39 is 5.91 Å². The number of aryl methyl sites for hydroxylation is 1. The van der Waals surface area contributed by atoms with E-state index in [1.807, 2.05) is 0 Å². The van der Waals surface area contributed by atoms with Gasteiger partial charge in [0.25, 0.3) is 11.8 Å². The predicted molar refractivity (Wildman–Crippen MR) is 79.8 cm³/mol. The third-order valence-electron chi connectivity index (χ3n) is 2.86. The summed E-state index contributed by atoms with van der Waals surface area (Å²) >= 11 is 0. The highest BCUT2D eigenvalue weighted by molar-refractivity contribution is 6.07. The van der Waals surface area contributed by atoms with Crippen molar-refractivity contribution < 1.29 is 18.8 Å². The molecule has 22 heavy (non-hydrogen) atoms. The third-order valence-corrected chi connectivity index (χ3v) is 2.86. The molecule has 0 aliphatic heterocycles. The fourth-order valence-corrected chi connectivity index (χ4v) is 1.81. The second-order valence-corrected chi connectivity index (χ2v) is 4.58. The number of benzene rings is 1. The number of hydrogen-bond acceptors (Lipinski definition) is 5. The van der Waals surface area contributed by atoms with Crippen LogP contribution in [0.3, 0.4) is 0 Å². The van der Waals surface area contributed by atoms with E-state index in [0.29, 0.717) is 30.1 Å². The maximum absolute atomic E-state index is 12.1. The van der Waals surface area contributed by atoms with Gasteiger partial charge in [0.2, 0.25) is 5.76 Å². The summed E-state index contributed by atoms with van der Waals surface area (Å²) in [5.41, 5.74) is 1.37. The molecule has 0 saturated carbocycles. The standard InChI is InChI=1S/C15H17N3O4/c1-10-9-13(22-18-10)15(20)17-12-6-4-3-5-11(12)14(19)16-7-8-21-2/h3-6,9H,7-8H2,1-2H3,(H,16,19)(H,17,20). The van der Waals surface area contributed by atoms with Crippen molar-refractivity contribution in [2.75, 3.05) is 25.6 Å². The Morgan fingerprint density at radius 1 is 1.27 bits per heavy atom. The van der Waals surface area contributed by atoms with Crippen LogP contribution >= 0.6 is 0 Å². The number of anilines is 1. The van der Waals surface area contributed by atoms with E-state index in [1.165, 1.54) is 6.07 Å². The Hall–Kier alpha value is -2.67. The Morgan fingerprint density at radius 3 is 2.73 bits per heavy atom. The first-order chi connectivity index (χ1) is 10.6. The lowest BCUT2D eigenvalue weighted by Crippen LogP contribution is -2.28. The molecule has 2 aromatic rings. The maximum Gasteiger partial charge on any atom is 0.294 e. The van der Waals surface area contributed by atoms with E-state index in [2.05, 4.69) is 15.8 Å². The SMILES string of the molecule is COCCNC(=O)c1ccccc1NC(=O)c1cc(C)no1. The van der Waals surface area contributed by atoms with Crippen LogP contribution in [0.4, 0.5) is 5.69 Å². The Morgan fingerprint density at radius 2 is 2.05 bits per heavy atom. The van der Waals surface area contributed by atoms with Crippen molar-refractivity contribution in [3.05, 3.63) is 47.3 Å². The smallest absolute Gasteiger partial charge is 0.294 e. The molecule has 0 bridgehead atoms. The van der Waals surface area contributed by atoms with Crippen molar-refractivity contribution in [1.82, 2.24) is 10.5 Å². The summed E-state index contributed by atoms with van der Waals surface area (Å²) in [6, 6.07) is 8.25. The molecule has 2 rings (SSSR count). The summed E-state index contributed by atoms with van der Waals surface area (Å²) in [5, 5.41) is 9.01. The Bertz CT molecular complexity index is 666. The summed E-state index contributed by atoms with van der Waals surface area (Å²) < 4.78 is 9.78. The molecule has 7 nitrogen and oxygen atoms in total. The lowest BCUT2D eigenvalue weighted by molar-refractivity contribution is 0.0938. The van der Waals surface area contributed by atoms with Gasteiger partial charge in [-0.1, -0.05) is 17.3 Å². The lowest BCUT2D eigenvalue weighted by atomic mass is 10.1. The van der Waals surface area contributed by atoms with E-state index in [9.17, 15) is 9.59 Å². The molecule has 2 N–H and O–H groups in total. The highest BCUT2D eigenvalue weighted by Crippen LogP contribution is 2.16. The van der Waals surface area contributed by atoms with Gasteiger partial charge in [-0.2, -0.15) is 0 Å². The zero-order valence-electron chi connectivity index (χ0n) is 12.4. The second-order valence-electron chi connectivity index (χ2n) is 4.58. The largest absolute Gasteiger partial charge is 0.383 e.